The first-order chi connectivity index (χ1) is 11.5. The number of aryl methyl sites for hydroxylation is 1. The molecule has 0 aliphatic heterocycles. The highest BCUT2D eigenvalue weighted by atomic mass is 16.5. The topological polar surface area (TPSA) is 75.3 Å². The Morgan fingerprint density at radius 3 is 2.62 bits per heavy atom. The minimum atomic E-state index is -0.762. The predicted molar refractivity (Wildman–Crippen MR) is 90.0 cm³/mol. The maximum atomic E-state index is 12.3. The van der Waals surface area contributed by atoms with Crippen molar-refractivity contribution in [3.05, 3.63) is 66.3 Å². The van der Waals surface area contributed by atoms with Crippen molar-refractivity contribution >= 4 is 11.9 Å². The summed E-state index contributed by atoms with van der Waals surface area (Å²) >= 11 is 0. The molecule has 1 atom stereocenters. The molecule has 2 aromatic rings. The Morgan fingerprint density at radius 2 is 2.08 bits per heavy atom. The van der Waals surface area contributed by atoms with Crippen LogP contribution in [0.25, 0.3) is 0 Å². The molecule has 0 unspecified atom stereocenters. The van der Waals surface area contributed by atoms with E-state index in [0.717, 1.165) is 16.8 Å². The zero-order valence-corrected chi connectivity index (χ0v) is 13.9. The van der Waals surface area contributed by atoms with Gasteiger partial charge in [0.05, 0.1) is 13.4 Å². The molecule has 6 nitrogen and oxygen atoms in total. The second-order valence-corrected chi connectivity index (χ2v) is 5.48. The Hall–Kier alpha value is -2.89. The number of esters is 1. The molecule has 24 heavy (non-hydrogen) atoms. The van der Waals surface area contributed by atoms with Gasteiger partial charge in [-0.25, -0.2) is 9.78 Å². The fourth-order valence-electron chi connectivity index (χ4n) is 2.41. The molecule has 1 heterocycles. The van der Waals surface area contributed by atoms with Crippen LogP contribution in [0.4, 0.5) is 0 Å². The largest absolute Gasteiger partial charge is 0.467 e. The monoisotopic (exact) mass is 327 g/mol. The fraction of sp³-hybridized carbons (Fsp3) is 0.278. The number of hydrogen-bond acceptors (Lipinski definition) is 4. The molecule has 1 amide bonds. The van der Waals surface area contributed by atoms with Crippen molar-refractivity contribution < 1.29 is 14.3 Å². The number of rotatable bonds is 7. The van der Waals surface area contributed by atoms with Crippen molar-refractivity contribution in [3.8, 4) is 0 Å². The number of amides is 1. The lowest BCUT2D eigenvalue weighted by Crippen LogP contribution is -2.46. The highest BCUT2D eigenvalue weighted by Gasteiger charge is 2.30. The van der Waals surface area contributed by atoms with Gasteiger partial charge in [-0.1, -0.05) is 36.4 Å². The lowest BCUT2D eigenvalue weighted by Gasteiger charge is -2.29. The molecule has 0 fully saturated rings. The fourth-order valence-corrected chi connectivity index (χ4v) is 2.41. The second-order valence-electron chi connectivity index (χ2n) is 5.48. The highest BCUT2D eigenvalue weighted by Crippen LogP contribution is 2.15. The lowest BCUT2D eigenvalue weighted by molar-refractivity contribution is -0.151. The smallest absolute Gasteiger partial charge is 0.329 e. The summed E-state index contributed by atoms with van der Waals surface area (Å²) in [6.07, 6.45) is 4.65. The number of H-pyrrole nitrogens is 1. The van der Waals surface area contributed by atoms with Gasteiger partial charge in [-0.3, -0.25) is 4.79 Å². The Labute approximate surface area is 141 Å². The average molecular weight is 327 g/mol. The maximum Gasteiger partial charge on any atom is 0.329 e. The van der Waals surface area contributed by atoms with Crippen LogP contribution in [0, 0.1) is 6.92 Å². The third-order valence-electron chi connectivity index (χ3n) is 3.75. The predicted octanol–water partition coefficient (Wildman–Crippen LogP) is 2.02. The van der Waals surface area contributed by atoms with Gasteiger partial charge >= 0.3 is 5.97 Å². The first-order valence-electron chi connectivity index (χ1n) is 7.58. The quantitative estimate of drug-likeness (QED) is 0.623. The molecule has 0 aliphatic rings. The number of carbonyl (C=O) groups is 2. The molecule has 0 saturated carbocycles. The molecule has 0 bridgehead atoms. The van der Waals surface area contributed by atoms with E-state index in [0.29, 0.717) is 6.54 Å². The van der Waals surface area contributed by atoms with Crippen LogP contribution in [-0.4, -0.2) is 39.9 Å². The summed E-state index contributed by atoms with van der Waals surface area (Å²) < 4.78 is 4.89. The van der Waals surface area contributed by atoms with E-state index >= 15 is 0 Å². The number of ether oxygens (including phenoxy) is 1. The van der Waals surface area contributed by atoms with Crippen molar-refractivity contribution in [1.82, 2.24) is 14.9 Å². The van der Waals surface area contributed by atoms with E-state index in [1.165, 1.54) is 24.4 Å². The summed E-state index contributed by atoms with van der Waals surface area (Å²) in [7, 11) is 1.31. The van der Waals surface area contributed by atoms with Crippen LogP contribution in [0.15, 0.2) is 49.4 Å². The molecule has 0 spiro atoms. The van der Waals surface area contributed by atoms with Gasteiger partial charge in [0.1, 0.15) is 6.04 Å². The van der Waals surface area contributed by atoms with Gasteiger partial charge in [-0.05, 0) is 18.6 Å². The van der Waals surface area contributed by atoms with Crippen molar-refractivity contribution in [2.75, 3.05) is 7.11 Å². The number of nitrogens with zero attached hydrogens (tertiary/aromatic N) is 2. The van der Waals surface area contributed by atoms with Gasteiger partial charge < -0.3 is 14.6 Å². The molecular weight excluding hydrogens is 306 g/mol. The molecular formula is C18H21N3O3. The van der Waals surface area contributed by atoms with Crippen molar-refractivity contribution in [3.63, 3.8) is 0 Å². The Morgan fingerprint density at radius 1 is 1.38 bits per heavy atom. The minimum Gasteiger partial charge on any atom is -0.467 e. The number of aromatic amines is 1. The zero-order chi connectivity index (χ0) is 17.5. The normalized spacial score (nSPS) is 11.6. The molecule has 1 aromatic heterocycles. The van der Waals surface area contributed by atoms with Crippen molar-refractivity contribution in [1.29, 1.82) is 0 Å². The number of imidazole rings is 1. The molecule has 0 saturated heterocycles. The van der Waals surface area contributed by atoms with E-state index in [2.05, 4.69) is 16.5 Å². The van der Waals surface area contributed by atoms with Gasteiger partial charge in [-0.15, -0.1) is 0 Å². The first kappa shape index (κ1) is 17.5. The van der Waals surface area contributed by atoms with E-state index < -0.39 is 12.0 Å². The average Bonchev–Trinajstić information content (AvgIpc) is 3.11. The zero-order valence-electron chi connectivity index (χ0n) is 13.9. The molecule has 6 heteroatoms. The number of methoxy groups -OCH3 is 1. The van der Waals surface area contributed by atoms with Crippen molar-refractivity contribution in [2.45, 2.75) is 25.9 Å². The molecule has 1 aromatic carbocycles. The first-order valence-corrected chi connectivity index (χ1v) is 7.58. The van der Waals surface area contributed by atoms with Gasteiger partial charge in [0.25, 0.3) is 0 Å². The van der Waals surface area contributed by atoms with Gasteiger partial charge in [0.15, 0.2) is 0 Å². The number of carbonyl (C=O) groups excluding carboxylic acids is 2. The third-order valence-corrected chi connectivity index (χ3v) is 3.75. The minimum absolute atomic E-state index is 0.290. The van der Waals surface area contributed by atoms with E-state index in [9.17, 15) is 9.59 Å². The van der Waals surface area contributed by atoms with Gasteiger partial charge in [0, 0.05) is 24.9 Å². The van der Waals surface area contributed by atoms with Crippen LogP contribution in [0.1, 0.15) is 16.8 Å². The Bertz CT molecular complexity index is 693. The number of nitrogens with one attached hydrogen (secondary N) is 1. The molecule has 126 valence electrons. The number of hydrogen-bond donors (Lipinski definition) is 1. The lowest BCUT2D eigenvalue weighted by atomic mass is 10.1. The van der Waals surface area contributed by atoms with E-state index in [1.807, 2.05) is 31.2 Å². The van der Waals surface area contributed by atoms with Crippen LogP contribution >= 0.6 is 0 Å². The molecule has 0 radical (unpaired) electrons. The van der Waals surface area contributed by atoms with E-state index in [4.69, 9.17) is 4.74 Å². The molecule has 2 rings (SSSR count). The second kappa shape index (κ2) is 8.10. The SMILES string of the molecule is C=CC(=O)N(Cc1ccc(C)cc1)[C@@H](Cc1cnc[nH]1)C(=O)OC. The van der Waals surface area contributed by atoms with Crippen LogP contribution in [0.3, 0.4) is 0 Å². The summed E-state index contributed by atoms with van der Waals surface area (Å²) in [5.74, 6) is -0.808. The summed E-state index contributed by atoms with van der Waals surface area (Å²) in [6.45, 7) is 5.82. The Kier molecular flexibility index (Phi) is 5.89. The van der Waals surface area contributed by atoms with Crippen molar-refractivity contribution in [2.24, 2.45) is 0 Å². The Balaban J connectivity index is 2.29. The maximum absolute atomic E-state index is 12.3. The standard InChI is InChI=1S/C18H21N3O3/c1-4-17(22)21(11-14-7-5-13(2)6-8-14)16(18(23)24-3)9-15-10-19-12-20-15/h4-8,10,12,16H,1,9,11H2,2-3H3,(H,19,20)/t16-/m0/s1. The molecule has 0 aliphatic carbocycles. The highest BCUT2D eigenvalue weighted by molar-refractivity contribution is 5.91. The van der Waals surface area contributed by atoms with Crippen LogP contribution < -0.4 is 0 Å². The summed E-state index contributed by atoms with van der Waals surface area (Å²) in [6, 6.07) is 7.04. The summed E-state index contributed by atoms with van der Waals surface area (Å²) in [4.78, 5) is 33.0. The van der Waals surface area contributed by atoms with E-state index in [-0.39, 0.29) is 12.3 Å². The number of aromatic nitrogens is 2. The van der Waals surface area contributed by atoms with Crippen LogP contribution in [0.5, 0.6) is 0 Å². The third kappa shape index (κ3) is 4.32. The van der Waals surface area contributed by atoms with Gasteiger partial charge in [-0.2, -0.15) is 0 Å². The summed E-state index contributed by atoms with van der Waals surface area (Å²) in [5.41, 5.74) is 2.80. The van der Waals surface area contributed by atoms with E-state index in [1.54, 1.807) is 6.20 Å². The number of benzene rings is 1. The molecule has 1 N–H and O–H groups in total. The van der Waals surface area contributed by atoms with Gasteiger partial charge in [0.2, 0.25) is 5.91 Å². The summed E-state index contributed by atoms with van der Waals surface area (Å²) in [5, 5.41) is 0. The van der Waals surface area contributed by atoms with Crippen LogP contribution in [-0.2, 0) is 27.3 Å². The van der Waals surface area contributed by atoms with Crippen LogP contribution in [0.2, 0.25) is 0 Å².